The lowest BCUT2D eigenvalue weighted by Crippen LogP contribution is -2.47. The molecule has 2 aliphatic rings. The molecular weight excluding hydrogens is 460 g/mol. The molecule has 190 valence electrons. The summed E-state index contributed by atoms with van der Waals surface area (Å²) in [6.07, 6.45) is 2.27. The standard InChI is InChI=1S/C26H38N6O2S/c1-29-11-9-23(10-12-29)31(3)24-17-22(18-34-4)27-26(28-24)35-19-20-5-7-21(8-6-20)25(33)32-15-13-30(2)14-16-32/h5-8,17,23H,9-16,18-19H2,1-4H3. The maximum absolute atomic E-state index is 12.8. The first-order valence-corrected chi connectivity index (χ1v) is 13.4. The molecule has 0 unspecified atom stereocenters. The molecule has 4 rings (SSSR count). The van der Waals surface area contributed by atoms with Crippen LogP contribution in [-0.4, -0.2) is 104 Å². The molecule has 1 aromatic heterocycles. The number of benzene rings is 1. The Labute approximate surface area is 213 Å². The molecule has 0 aliphatic carbocycles. The van der Waals surface area contributed by atoms with Crippen LogP contribution in [0.5, 0.6) is 0 Å². The zero-order chi connectivity index (χ0) is 24.8. The average Bonchev–Trinajstić information content (AvgIpc) is 2.88. The summed E-state index contributed by atoms with van der Waals surface area (Å²) in [5, 5.41) is 0.756. The number of piperidine rings is 1. The first-order chi connectivity index (χ1) is 16.9. The molecule has 0 saturated carbocycles. The molecule has 0 spiro atoms. The molecule has 0 bridgehead atoms. The molecule has 3 heterocycles. The Morgan fingerprint density at radius 1 is 1.03 bits per heavy atom. The van der Waals surface area contributed by atoms with Gasteiger partial charge in [0.1, 0.15) is 5.82 Å². The highest BCUT2D eigenvalue weighted by Gasteiger charge is 2.23. The third-order valence-corrected chi connectivity index (χ3v) is 7.91. The number of amides is 1. The van der Waals surface area contributed by atoms with Crippen LogP contribution in [0.1, 0.15) is 34.5 Å². The molecular formula is C26H38N6O2S. The second-order valence-electron chi connectivity index (χ2n) is 9.66. The summed E-state index contributed by atoms with van der Waals surface area (Å²) in [5.74, 6) is 1.82. The Bertz CT molecular complexity index is 972. The first-order valence-electron chi connectivity index (χ1n) is 12.4. The van der Waals surface area contributed by atoms with Gasteiger partial charge in [0.25, 0.3) is 5.91 Å². The number of likely N-dealkylation sites (N-methyl/N-ethyl adjacent to an activating group) is 1. The molecule has 2 aromatic rings. The quantitative estimate of drug-likeness (QED) is 0.407. The van der Waals surface area contributed by atoms with Crippen LogP contribution >= 0.6 is 11.8 Å². The van der Waals surface area contributed by atoms with Gasteiger partial charge in [-0.15, -0.1) is 0 Å². The number of aromatic nitrogens is 2. The lowest BCUT2D eigenvalue weighted by molar-refractivity contribution is 0.0664. The van der Waals surface area contributed by atoms with Crippen molar-refractivity contribution in [3.8, 4) is 0 Å². The van der Waals surface area contributed by atoms with E-state index in [9.17, 15) is 4.79 Å². The largest absolute Gasteiger partial charge is 0.378 e. The van der Waals surface area contributed by atoms with E-state index in [0.717, 1.165) is 85.7 Å². The molecule has 35 heavy (non-hydrogen) atoms. The summed E-state index contributed by atoms with van der Waals surface area (Å²) in [6.45, 7) is 6.12. The topological polar surface area (TPSA) is 65.0 Å². The number of carbonyl (C=O) groups is 1. The molecule has 0 radical (unpaired) electrons. The summed E-state index contributed by atoms with van der Waals surface area (Å²) in [6, 6.07) is 10.5. The molecule has 2 fully saturated rings. The number of rotatable bonds is 8. The minimum atomic E-state index is 0.120. The molecule has 1 amide bonds. The number of likely N-dealkylation sites (tertiary alicyclic amines) is 1. The fourth-order valence-corrected chi connectivity index (χ4v) is 5.41. The smallest absolute Gasteiger partial charge is 0.253 e. The van der Waals surface area contributed by atoms with Crippen LogP contribution < -0.4 is 4.90 Å². The second-order valence-corrected chi connectivity index (χ2v) is 10.6. The highest BCUT2D eigenvalue weighted by Crippen LogP contribution is 2.26. The second kappa shape index (κ2) is 12.2. The lowest BCUT2D eigenvalue weighted by atomic mass is 10.0. The monoisotopic (exact) mass is 498 g/mol. The zero-order valence-corrected chi connectivity index (χ0v) is 22.3. The Morgan fingerprint density at radius 2 is 1.69 bits per heavy atom. The van der Waals surface area contributed by atoms with E-state index in [4.69, 9.17) is 14.7 Å². The number of hydrogen-bond acceptors (Lipinski definition) is 8. The summed E-state index contributed by atoms with van der Waals surface area (Å²) in [4.78, 5) is 31.3. The minimum absolute atomic E-state index is 0.120. The Hall–Kier alpha value is -2.20. The molecule has 0 N–H and O–H groups in total. The van der Waals surface area contributed by atoms with E-state index in [0.29, 0.717) is 12.6 Å². The van der Waals surface area contributed by atoms with Crippen LogP contribution in [0.2, 0.25) is 0 Å². The molecule has 2 saturated heterocycles. The van der Waals surface area contributed by atoms with E-state index in [1.54, 1.807) is 18.9 Å². The van der Waals surface area contributed by atoms with Crippen molar-refractivity contribution in [1.82, 2.24) is 24.7 Å². The van der Waals surface area contributed by atoms with Gasteiger partial charge in [0.2, 0.25) is 0 Å². The molecule has 1 aromatic carbocycles. The number of methoxy groups -OCH3 is 1. The summed E-state index contributed by atoms with van der Waals surface area (Å²) in [7, 11) is 8.11. The van der Waals surface area contributed by atoms with E-state index in [1.807, 2.05) is 35.2 Å². The SMILES string of the molecule is COCc1cc(N(C)C2CCN(C)CC2)nc(SCc2ccc(C(=O)N3CCN(C)CC3)cc2)n1. The maximum atomic E-state index is 12.8. The number of thioether (sulfide) groups is 1. The molecule has 8 nitrogen and oxygen atoms in total. The van der Waals surface area contributed by atoms with Gasteiger partial charge < -0.3 is 24.3 Å². The van der Waals surface area contributed by atoms with Crippen LogP contribution in [0.4, 0.5) is 5.82 Å². The Balaban J connectivity index is 1.39. The van der Waals surface area contributed by atoms with Crippen molar-refractivity contribution in [3.05, 3.63) is 47.2 Å². The van der Waals surface area contributed by atoms with Gasteiger partial charge >= 0.3 is 0 Å². The summed E-state index contributed by atoms with van der Waals surface area (Å²) >= 11 is 1.62. The van der Waals surface area contributed by atoms with Gasteiger partial charge in [0.15, 0.2) is 5.16 Å². The van der Waals surface area contributed by atoms with Gasteiger partial charge in [-0.1, -0.05) is 23.9 Å². The van der Waals surface area contributed by atoms with E-state index < -0.39 is 0 Å². The van der Waals surface area contributed by atoms with Crippen LogP contribution in [0.15, 0.2) is 35.5 Å². The number of piperazine rings is 1. The van der Waals surface area contributed by atoms with Crippen molar-refractivity contribution in [2.24, 2.45) is 0 Å². The van der Waals surface area contributed by atoms with E-state index in [-0.39, 0.29) is 5.91 Å². The highest BCUT2D eigenvalue weighted by atomic mass is 32.2. The normalized spacial score (nSPS) is 18.1. The van der Waals surface area contributed by atoms with E-state index in [2.05, 4.69) is 35.8 Å². The lowest BCUT2D eigenvalue weighted by Gasteiger charge is -2.35. The fraction of sp³-hybridized carbons (Fsp3) is 0.577. The average molecular weight is 499 g/mol. The van der Waals surface area contributed by atoms with E-state index in [1.165, 1.54) is 0 Å². The van der Waals surface area contributed by atoms with Gasteiger partial charge in [-0.3, -0.25) is 4.79 Å². The number of ether oxygens (including phenoxy) is 1. The highest BCUT2D eigenvalue weighted by molar-refractivity contribution is 7.98. The predicted octanol–water partition coefficient (Wildman–Crippen LogP) is 2.83. The van der Waals surface area contributed by atoms with Crippen molar-refractivity contribution in [3.63, 3.8) is 0 Å². The van der Waals surface area contributed by atoms with Gasteiger partial charge in [-0.05, 0) is 57.7 Å². The van der Waals surface area contributed by atoms with Crippen LogP contribution in [0.25, 0.3) is 0 Å². The van der Waals surface area contributed by atoms with Crippen molar-refractivity contribution in [2.45, 2.75) is 36.4 Å². The van der Waals surface area contributed by atoms with Crippen LogP contribution in [0, 0.1) is 0 Å². The zero-order valence-electron chi connectivity index (χ0n) is 21.4. The summed E-state index contributed by atoms with van der Waals surface area (Å²) in [5.41, 5.74) is 2.80. The van der Waals surface area contributed by atoms with E-state index >= 15 is 0 Å². The Morgan fingerprint density at radius 3 is 2.34 bits per heavy atom. The third kappa shape index (κ3) is 6.94. The van der Waals surface area contributed by atoms with Crippen molar-refractivity contribution < 1.29 is 9.53 Å². The Kier molecular flexibility index (Phi) is 8.99. The van der Waals surface area contributed by atoms with Gasteiger partial charge in [-0.2, -0.15) is 0 Å². The molecule has 2 aliphatic heterocycles. The fourth-order valence-electron chi connectivity index (χ4n) is 4.58. The van der Waals surface area contributed by atoms with Gasteiger partial charge in [0.05, 0.1) is 12.3 Å². The number of carbonyl (C=O) groups excluding carboxylic acids is 1. The van der Waals surface area contributed by atoms with Gasteiger partial charge in [0, 0.05) is 63.8 Å². The number of anilines is 1. The van der Waals surface area contributed by atoms with Crippen molar-refractivity contribution in [2.75, 3.05) is 72.4 Å². The summed E-state index contributed by atoms with van der Waals surface area (Å²) < 4.78 is 5.37. The van der Waals surface area contributed by atoms with Crippen molar-refractivity contribution in [1.29, 1.82) is 0 Å². The van der Waals surface area contributed by atoms with Crippen LogP contribution in [-0.2, 0) is 17.1 Å². The maximum Gasteiger partial charge on any atom is 0.253 e. The third-order valence-electron chi connectivity index (χ3n) is 6.99. The first kappa shape index (κ1) is 25.9. The molecule has 9 heteroatoms. The minimum Gasteiger partial charge on any atom is -0.378 e. The number of nitrogens with zero attached hydrogens (tertiary/aromatic N) is 6. The van der Waals surface area contributed by atoms with Crippen molar-refractivity contribution >= 4 is 23.5 Å². The van der Waals surface area contributed by atoms with Crippen LogP contribution in [0.3, 0.4) is 0 Å². The molecule has 0 atom stereocenters. The predicted molar refractivity (Wildman–Crippen MR) is 141 cm³/mol. The number of hydrogen-bond donors (Lipinski definition) is 0. The van der Waals surface area contributed by atoms with Gasteiger partial charge in [-0.25, -0.2) is 9.97 Å².